The predicted molar refractivity (Wildman–Crippen MR) is 114 cm³/mol. The Morgan fingerprint density at radius 2 is 1.83 bits per heavy atom. The molecule has 0 spiro atoms. The van der Waals surface area contributed by atoms with Gasteiger partial charge in [0.25, 0.3) is 0 Å². The van der Waals surface area contributed by atoms with Crippen LogP contribution in [-0.4, -0.2) is 56.1 Å². The van der Waals surface area contributed by atoms with Crippen molar-refractivity contribution in [3.05, 3.63) is 65.2 Å². The van der Waals surface area contributed by atoms with Crippen LogP contribution in [0.3, 0.4) is 0 Å². The van der Waals surface area contributed by atoms with Crippen LogP contribution >= 0.6 is 0 Å². The minimum atomic E-state index is -0.327. The third-order valence-electron chi connectivity index (χ3n) is 5.50. The van der Waals surface area contributed by atoms with Gasteiger partial charge >= 0.3 is 5.97 Å². The minimum absolute atomic E-state index is 0.0518. The number of carbonyl (C=O) groups excluding carboxylic acids is 2. The zero-order valence-electron chi connectivity index (χ0n) is 17.4. The van der Waals surface area contributed by atoms with E-state index < -0.39 is 0 Å². The van der Waals surface area contributed by atoms with Crippen LogP contribution in [0.1, 0.15) is 28.4 Å². The van der Waals surface area contributed by atoms with Gasteiger partial charge < -0.3 is 15.0 Å². The van der Waals surface area contributed by atoms with Crippen LogP contribution in [0.2, 0.25) is 0 Å². The van der Waals surface area contributed by atoms with Gasteiger partial charge in [0.05, 0.1) is 19.2 Å². The number of methoxy groups -OCH3 is 1. The quantitative estimate of drug-likeness (QED) is 0.762. The molecule has 1 heterocycles. The summed E-state index contributed by atoms with van der Waals surface area (Å²) >= 11 is 0. The smallest absolute Gasteiger partial charge is 0.337 e. The molecule has 29 heavy (non-hydrogen) atoms. The normalized spacial score (nSPS) is 17.1. The Balaban J connectivity index is 1.50. The number of ether oxygens (including phenoxy) is 1. The fourth-order valence-corrected chi connectivity index (χ4v) is 3.63. The molecule has 0 saturated carbocycles. The molecular formula is C23H29N3O3. The lowest BCUT2D eigenvalue weighted by Crippen LogP contribution is -2.54. The number of hydrogen-bond acceptors (Lipinski definition) is 5. The van der Waals surface area contributed by atoms with Crippen molar-refractivity contribution in [3.63, 3.8) is 0 Å². The van der Waals surface area contributed by atoms with E-state index in [1.54, 1.807) is 12.1 Å². The van der Waals surface area contributed by atoms with E-state index >= 15 is 0 Å². The molecule has 1 amide bonds. The summed E-state index contributed by atoms with van der Waals surface area (Å²) in [6, 6.07) is 15.8. The van der Waals surface area contributed by atoms with Crippen LogP contribution < -0.4 is 10.2 Å². The van der Waals surface area contributed by atoms with Crippen molar-refractivity contribution < 1.29 is 14.3 Å². The molecule has 6 nitrogen and oxygen atoms in total. The number of piperazine rings is 1. The molecule has 6 heteroatoms. The summed E-state index contributed by atoms with van der Waals surface area (Å²) in [6.07, 6.45) is 0. The van der Waals surface area contributed by atoms with Crippen LogP contribution in [0.15, 0.2) is 48.5 Å². The maximum absolute atomic E-state index is 12.4. The van der Waals surface area contributed by atoms with E-state index in [2.05, 4.69) is 35.0 Å². The fraction of sp³-hybridized carbons (Fsp3) is 0.391. The molecule has 1 aliphatic heterocycles. The van der Waals surface area contributed by atoms with Crippen molar-refractivity contribution in [3.8, 4) is 0 Å². The summed E-state index contributed by atoms with van der Waals surface area (Å²) in [5.41, 5.74) is 3.96. The number of nitrogens with one attached hydrogen (secondary N) is 1. The molecule has 154 valence electrons. The van der Waals surface area contributed by atoms with Gasteiger partial charge in [0.2, 0.25) is 5.91 Å². The Kier molecular flexibility index (Phi) is 6.88. The molecule has 1 N–H and O–H groups in total. The molecule has 1 atom stereocenters. The van der Waals surface area contributed by atoms with Crippen molar-refractivity contribution in [2.24, 2.45) is 0 Å². The van der Waals surface area contributed by atoms with Crippen molar-refractivity contribution in [1.29, 1.82) is 0 Å². The Hall–Kier alpha value is -2.86. The third kappa shape index (κ3) is 5.35. The molecule has 1 aliphatic rings. The molecule has 2 aromatic rings. The second kappa shape index (κ2) is 9.56. The van der Waals surface area contributed by atoms with Gasteiger partial charge in [0.15, 0.2) is 0 Å². The number of rotatable bonds is 6. The van der Waals surface area contributed by atoms with E-state index in [0.29, 0.717) is 18.7 Å². The molecule has 2 aromatic carbocycles. The fourth-order valence-electron chi connectivity index (χ4n) is 3.63. The van der Waals surface area contributed by atoms with Gasteiger partial charge in [-0.2, -0.15) is 0 Å². The summed E-state index contributed by atoms with van der Waals surface area (Å²) in [7, 11) is 1.38. The first-order valence-corrected chi connectivity index (χ1v) is 9.96. The number of aryl methyl sites for hydroxylation is 1. The number of hydrogen-bond donors (Lipinski definition) is 1. The lowest BCUT2D eigenvalue weighted by atomic mass is 10.1. The first kappa shape index (κ1) is 20.9. The highest BCUT2D eigenvalue weighted by atomic mass is 16.5. The number of amides is 1. The molecule has 0 bridgehead atoms. The first-order valence-electron chi connectivity index (χ1n) is 9.96. The van der Waals surface area contributed by atoms with Crippen molar-refractivity contribution in [1.82, 2.24) is 10.2 Å². The monoisotopic (exact) mass is 395 g/mol. The van der Waals surface area contributed by atoms with Crippen molar-refractivity contribution in [2.75, 3.05) is 38.2 Å². The number of benzene rings is 2. The predicted octanol–water partition coefficient (Wildman–Crippen LogP) is 2.61. The zero-order valence-corrected chi connectivity index (χ0v) is 17.4. The summed E-state index contributed by atoms with van der Waals surface area (Å²) < 4.78 is 4.75. The van der Waals surface area contributed by atoms with Crippen molar-refractivity contribution in [2.45, 2.75) is 26.4 Å². The summed E-state index contributed by atoms with van der Waals surface area (Å²) in [5, 5.41) is 3.03. The summed E-state index contributed by atoms with van der Waals surface area (Å²) in [4.78, 5) is 28.5. The van der Waals surface area contributed by atoms with E-state index in [9.17, 15) is 9.59 Å². The third-order valence-corrected chi connectivity index (χ3v) is 5.50. The molecular weight excluding hydrogens is 366 g/mol. The first-order chi connectivity index (χ1) is 14.0. The minimum Gasteiger partial charge on any atom is -0.465 e. The van der Waals surface area contributed by atoms with E-state index in [1.807, 2.05) is 30.3 Å². The Morgan fingerprint density at radius 1 is 1.10 bits per heavy atom. The SMILES string of the molecule is COC(=O)c1ccc(N2CCN(CC(=O)NCc3ccccc3C)C(C)C2)cc1. The van der Waals surface area contributed by atoms with Gasteiger partial charge in [-0.1, -0.05) is 24.3 Å². The van der Waals surface area contributed by atoms with E-state index in [0.717, 1.165) is 30.9 Å². The molecule has 0 aromatic heterocycles. The highest BCUT2D eigenvalue weighted by Crippen LogP contribution is 2.20. The zero-order chi connectivity index (χ0) is 20.8. The van der Waals surface area contributed by atoms with Crippen LogP contribution in [0.4, 0.5) is 5.69 Å². The van der Waals surface area contributed by atoms with Crippen molar-refractivity contribution >= 4 is 17.6 Å². The lowest BCUT2D eigenvalue weighted by Gasteiger charge is -2.40. The van der Waals surface area contributed by atoms with E-state index in [4.69, 9.17) is 4.74 Å². The number of nitrogens with zero attached hydrogens (tertiary/aromatic N) is 2. The largest absolute Gasteiger partial charge is 0.465 e. The van der Waals surface area contributed by atoms with Crippen LogP contribution in [-0.2, 0) is 16.1 Å². The maximum atomic E-state index is 12.4. The standard InChI is InChI=1S/C23H29N3O3/c1-17-6-4-5-7-20(17)14-24-22(27)16-25-12-13-26(15-18(25)2)21-10-8-19(9-11-21)23(28)29-3/h4-11,18H,12-16H2,1-3H3,(H,24,27). The average Bonchev–Trinajstić information content (AvgIpc) is 2.74. The Bertz CT molecular complexity index is 851. The second-order valence-electron chi connectivity index (χ2n) is 7.51. The highest BCUT2D eigenvalue weighted by Gasteiger charge is 2.25. The number of carbonyl (C=O) groups is 2. The highest BCUT2D eigenvalue weighted by molar-refractivity contribution is 5.89. The lowest BCUT2D eigenvalue weighted by molar-refractivity contribution is -0.123. The topological polar surface area (TPSA) is 61.9 Å². The van der Waals surface area contributed by atoms with Gasteiger partial charge in [-0.25, -0.2) is 4.79 Å². The van der Waals surface area contributed by atoms with Crippen LogP contribution in [0, 0.1) is 6.92 Å². The Labute approximate surface area is 172 Å². The van der Waals surface area contributed by atoms with Gasteiger partial charge in [-0.3, -0.25) is 9.69 Å². The van der Waals surface area contributed by atoms with Gasteiger partial charge in [-0.15, -0.1) is 0 Å². The molecule has 0 aliphatic carbocycles. The van der Waals surface area contributed by atoms with Gasteiger partial charge in [-0.05, 0) is 49.2 Å². The molecule has 1 unspecified atom stereocenters. The number of esters is 1. The van der Waals surface area contributed by atoms with Gasteiger partial charge in [0.1, 0.15) is 0 Å². The van der Waals surface area contributed by atoms with Gasteiger partial charge in [0, 0.05) is 37.9 Å². The number of anilines is 1. The molecule has 0 radical (unpaired) electrons. The second-order valence-corrected chi connectivity index (χ2v) is 7.51. The Morgan fingerprint density at radius 3 is 2.48 bits per heavy atom. The van der Waals surface area contributed by atoms with E-state index in [-0.39, 0.29) is 17.9 Å². The van der Waals surface area contributed by atoms with Crippen LogP contribution in [0.25, 0.3) is 0 Å². The maximum Gasteiger partial charge on any atom is 0.337 e. The van der Waals surface area contributed by atoms with E-state index in [1.165, 1.54) is 12.7 Å². The molecule has 1 fully saturated rings. The summed E-state index contributed by atoms with van der Waals surface area (Å²) in [6.45, 7) is 7.66. The molecule has 3 rings (SSSR count). The summed E-state index contributed by atoms with van der Waals surface area (Å²) in [5.74, 6) is -0.276. The van der Waals surface area contributed by atoms with Crippen LogP contribution in [0.5, 0.6) is 0 Å². The average molecular weight is 396 g/mol. The molecule has 1 saturated heterocycles.